The lowest BCUT2D eigenvalue weighted by Gasteiger charge is -2.15. The minimum Gasteiger partial charge on any atom is -0.494 e. The van der Waals surface area contributed by atoms with Crippen molar-refractivity contribution in [3.63, 3.8) is 0 Å². The molecule has 0 radical (unpaired) electrons. The number of hydrogen-bond acceptors (Lipinski definition) is 6. The van der Waals surface area contributed by atoms with Gasteiger partial charge in [-0.05, 0) is 63.6 Å². The Labute approximate surface area is 170 Å². The molecule has 2 aromatic carbocycles. The van der Waals surface area contributed by atoms with Gasteiger partial charge in [0.15, 0.2) is 0 Å². The van der Waals surface area contributed by atoms with Crippen molar-refractivity contribution in [2.45, 2.75) is 32.6 Å². The smallest absolute Gasteiger partial charge is 0.322 e. The summed E-state index contributed by atoms with van der Waals surface area (Å²) in [6.07, 6.45) is 0. The Balaban J connectivity index is 1.86. The lowest BCUT2D eigenvalue weighted by molar-refractivity contribution is 0.337. The van der Waals surface area contributed by atoms with Gasteiger partial charge in [0.1, 0.15) is 11.5 Å². The van der Waals surface area contributed by atoms with E-state index in [4.69, 9.17) is 9.47 Å². The molecule has 0 saturated heterocycles. The molecule has 0 aliphatic rings. The van der Waals surface area contributed by atoms with Crippen LogP contribution >= 0.6 is 0 Å². The van der Waals surface area contributed by atoms with Gasteiger partial charge in [0.05, 0.1) is 28.6 Å². The fourth-order valence-electron chi connectivity index (χ4n) is 2.77. The summed E-state index contributed by atoms with van der Waals surface area (Å²) in [5.41, 5.74) is 2.01. The molecule has 0 saturated carbocycles. The van der Waals surface area contributed by atoms with Crippen LogP contribution < -0.4 is 14.2 Å². The molecule has 3 rings (SSSR count). The molecule has 0 atom stereocenters. The highest BCUT2D eigenvalue weighted by atomic mass is 32.2. The zero-order valence-corrected chi connectivity index (χ0v) is 17.6. The first-order valence-electron chi connectivity index (χ1n) is 9.14. The van der Waals surface area contributed by atoms with E-state index in [1.807, 2.05) is 25.1 Å². The molecule has 8 heteroatoms. The zero-order chi connectivity index (χ0) is 21.0. The molecule has 3 aromatic rings. The van der Waals surface area contributed by atoms with Crippen LogP contribution in [0.3, 0.4) is 0 Å². The number of aryl methyl sites for hydroxylation is 3. The third kappa shape index (κ3) is 4.83. The molecule has 152 valence electrons. The minimum atomic E-state index is -3.81. The summed E-state index contributed by atoms with van der Waals surface area (Å²) >= 11 is 0. The molecule has 0 aliphatic carbocycles. The number of nitrogens with one attached hydrogen (secondary N) is 1. The van der Waals surface area contributed by atoms with E-state index in [1.54, 1.807) is 45.0 Å². The first-order chi connectivity index (χ1) is 13.8. The van der Waals surface area contributed by atoms with Gasteiger partial charge in [-0.15, -0.1) is 0 Å². The number of anilines is 1. The Morgan fingerprint density at radius 1 is 0.966 bits per heavy atom. The monoisotopic (exact) mass is 413 g/mol. The van der Waals surface area contributed by atoms with Crippen molar-refractivity contribution in [3.05, 3.63) is 65.5 Å². The lowest BCUT2D eigenvalue weighted by atomic mass is 10.2. The van der Waals surface area contributed by atoms with Crippen LogP contribution in [0, 0.1) is 20.8 Å². The molecule has 0 aliphatic heterocycles. The van der Waals surface area contributed by atoms with E-state index < -0.39 is 10.0 Å². The maximum Gasteiger partial charge on any atom is 0.322 e. The van der Waals surface area contributed by atoms with Crippen LogP contribution in [0.5, 0.6) is 17.5 Å². The fraction of sp³-hybridized carbons (Fsp3) is 0.238. The Morgan fingerprint density at radius 2 is 1.62 bits per heavy atom. The summed E-state index contributed by atoms with van der Waals surface area (Å²) in [7, 11) is -3.81. The summed E-state index contributed by atoms with van der Waals surface area (Å²) in [4.78, 5) is 8.71. The summed E-state index contributed by atoms with van der Waals surface area (Å²) in [5.74, 6) is 1.26. The number of hydrogen-bond donors (Lipinski definition) is 1. The Bertz CT molecular complexity index is 1090. The standard InChI is InChI=1S/C21H23N3O4S/c1-5-27-19-12-11-18(13-14(19)2)29(25,26)24-20-15(3)22-21(23-16(20)4)28-17-9-7-6-8-10-17/h6-13,24H,5H2,1-4H3. The first kappa shape index (κ1) is 20.6. The molecule has 1 aromatic heterocycles. The van der Waals surface area contributed by atoms with Crippen molar-refractivity contribution in [2.24, 2.45) is 0 Å². The number of benzene rings is 2. The summed E-state index contributed by atoms with van der Waals surface area (Å²) in [5, 5.41) is 0. The molecule has 0 spiro atoms. The zero-order valence-electron chi connectivity index (χ0n) is 16.8. The molecule has 29 heavy (non-hydrogen) atoms. The molecule has 1 N–H and O–H groups in total. The van der Waals surface area contributed by atoms with E-state index >= 15 is 0 Å². The van der Waals surface area contributed by atoms with E-state index in [9.17, 15) is 8.42 Å². The van der Waals surface area contributed by atoms with Crippen molar-refractivity contribution < 1.29 is 17.9 Å². The summed E-state index contributed by atoms with van der Waals surface area (Å²) < 4.78 is 39.4. The van der Waals surface area contributed by atoms with Crippen molar-refractivity contribution in [1.29, 1.82) is 0 Å². The third-order valence-electron chi connectivity index (χ3n) is 4.20. The van der Waals surface area contributed by atoms with E-state index in [0.29, 0.717) is 35.2 Å². The predicted molar refractivity (Wildman–Crippen MR) is 111 cm³/mol. The van der Waals surface area contributed by atoms with Gasteiger partial charge < -0.3 is 9.47 Å². The van der Waals surface area contributed by atoms with Gasteiger partial charge in [0.25, 0.3) is 10.0 Å². The van der Waals surface area contributed by atoms with Crippen molar-refractivity contribution in [1.82, 2.24) is 9.97 Å². The van der Waals surface area contributed by atoms with E-state index in [0.717, 1.165) is 5.56 Å². The van der Waals surface area contributed by atoms with Crippen molar-refractivity contribution >= 4 is 15.7 Å². The highest BCUT2D eigenvalue weighted by molar-refractivity contribution is 7.92. The van der Waals surface area contributed by atoms with E-state index in [2.05, 4.69) is 14.7 Å². The van der Waals surface area contributed by atoms with Crippen LogP contribution in [0.1, 0.15) is 23.9 Å². The van der Waals surface area contributed by atoms with Gasteiger partial charge in [-0.2, -0.15) is 9.97 Å². The lowest BCUT2D eigenvalue weighted by Crippen LogP contribution is -2.16. The SMILES string of the molecule is CCOc1ccc(S(=O)(=O)Nc2c(C)nc(Oc3ccccc3)nc2C)cc1C. The summed E-state index contributed by atoms with van der Waals surface area (Å²) in [6, 6.07) is 14.0. The second kappa shape index (κ2) is 8.48. The predicted octanol–water partition coefficient (Wildman–Crippen LogP) is 4.39. The molecule has 0 fully saturated rings. The van der Waals surface area contributed by atoms with Crippen LogP contribution in [0.4, 0.5) is 5.69 Å². The molecule has 0 unspecified atom stereocenters. The van der Waals surface area contributed by atoms with Crippen molar-refractivity contribution in [2.75, 3.05) is 11.3 Å². The molecular weight excluding hydrogens is 390 g/mol. The van der Waals surface area contributed by atoms with Crippen LogP contribution in [0.25, 0.3) is 0 Å². The molecule has 7 nitrogen and oxygen atoms in total. The van der Waals surface area contributed by atoms with Crippen LogP contribution in [-0.2, 0) is 10.0 Å². The normalized spacial score (nSPS) is 11.2. The van der Waals surface area contributed by atoms with E-state index in [-0.39, 0.29) is 10.9 Å². The quantitative estimate of drug-likeness (QED) is 0.618. The number of aromatic nitrogens is 2. The number of sulfonamides is 1. The first-order valence-corrected chi connectivity index (χ1v) is 10.6. The number of para-hydroxylation sites is 1. The molecule has 1 heterocycles. The van der Waals surface area contributed by atoms with Gasteiger partial charge >= 0.3 is 6.01 Å². The fourth-order valence-corrected chi connectivity index (χ4v) is 4.03. The maximum atomic E-state index is 12.9. The topological polar surface area (TPSA) is 90.4 Å². The van der Waals surface area contributed by atoms with E-state index in [1.165, 1.54) is 6.07 Å². The van der Waals surface area contributed by atoms with Gasteiger partial charge in [0, 0.05) is 0 Å². The van der Waals surface area contributed by atoms with Crippen LogP contribution in [0.2, 0.25) is 0 Å². The number of nitrogens with zero attached hydrogens (tertiary/aromatic N) is 2. The second-order valence-electron chi connectivity index (χ2n) is 6.43. The molecule has 0 bridgehead atoms. The Hall–Kier alpha value is -3.13. The summed E-state index contributed by atoms with van der Waals surface area (Å²) in [6.45, 7) is 7.60. The van der Waals surface area contributed by atoms with Gasteiger partial charge in [-0.1, -0.05) is 18.2 Å². The van der Waals surface area contributed by atoms with Gasteiger partial charge in [-0.25, -0.2) is 8.42 Å². The highest BCUT2D eigenvalue weighted by Crippen LogP contribution is 2.27. The number of ether oxygens (including phenoxy) is 2. The van der Waals surface area contributed by atoms with Crippen molar-refractivity contribution in [3.8, 4) is 17.5 Å². The average Bonchev–Trinajstić information content (AvgIpc) is 2.67. The van der Waals surface area contributed by atoms with Crippen LogP contribution in [0.15, 0.2) is 53.4 Å². The molecule has 0 amide bonds. The van der Waals surface area contributed by atoms with Gasteiger partial charge in [-0.3, -0.25) is 4.72 Å². The maximum absolute atomic E-state index is 12.9. The average molecular weight is 413 g/mol. The highest BCUT2D eigenvalue weighted by Gasteiger charge is 2.20. The largest absolute Gasteiger partial charge is 0.494 e. The second-order valence-corrected chi connectivity index (χ2v) is 8.12. The Kier molecular flexibility index (Phi) is 6.03. The minimum absolute atomic E-state index is 0.141. The third-order valence-corrected chi connectivity index (χ3v) is 5.54. The van der Waals surface area contributed by atoms with Crippen LogP contribution in [-0.4, -0.2) is 25.0 Å². The number of rotatable bonds is 7. The molecular formula is C21H23N3O4S. The Morgan fingerprint density at radius 3 is 2.21 bits per heavy atom. The van der Waals surface area contributed by atoms with Gasteiger partial charge in [0.2, 0.25) is 0 Å².